The van der Waals surface area contributed by atoms with Gasteiger partial charge in [0.15, 0.2) is 5.82 Å². The third kappa shape index (κ3) is 5.40. The monoisotopic (exact) mass is 554 g/mol. The summed E-state index contributed by atoms with van der Waals surface area (Å²) in [5, 5.41) is 18.5. The van der Waals surface area contributed by atoms with Gasteiger partial charge < -0.3 is 25.6 Å². The number of aliphatic hydroxyl groups is 1. The van der Waals surface area contributed by atoms with Crippen molar-refractivity contribution in [1.82, 2.24) is 24.8 Å². The topological polar surface area (TPSA) is 110 Å². The van der Waals surface area contributed by atoms with Gasteiger partial charge in [0.05, 0.1) is 37.3 Å². The summed E-state index contributed by atoms with van der Waals surface area (Å²) in [4.78, 5) is 7.79. The molecule has 0 amide bonds. The molecule has 4 heterocycles. The van der Waals surface area contributed by atoms with E-state index in [0.29, 0.717) is 12.4 Å². The quantitative estimate of drug-likeness (QED) is 0.284. The first kappa shape index (κ1) is 28.4. The van der Waals surface area contributed by atoms with Gasteiger partial charge in [0.25, 0.3) is 0 Å². The second-order valence-electron chi connectivity index (χ2n) is 8.50. The third-order valence-electron chi connectivity index (χ3n) is 6.22. The summed E-state index contributed by atoms with van der Waals surface area (Å²) in [5.74, 6) is 1.29. The van der Waals surface area contributed by atoms with Crippen LogP contribution in [-0.2, 0) is 17.9 Å². The number of aryl methyl sites for hydroxylation is 1. The van der Waals surface area contributed by atoms with E-state index in [9.17, 15) is 5.11 Å². The van der Waals surface area contributed by atoms with Crippen LogP contribution in [0.1, 0.15) is 16.8 Å². The maximum Gasteiger partial charge on any atom is 0.152 e. The average molecular weight is 556 g/mol. The Bertz CT molecular complexity index is 1320. The molecule has 4 N–H and O–H groups in total. The Labute approximate surface area is 226 Å². The summed E-state index contributed by atoms with van der Waals surface area (Å²) in [7, 11) is 1.70. The van der Waals surface area contributed by atoms with Crippen LogP contribution >= 0.6 is 36.2 Å². The molecule has 36 heavy (non-hydrogen) atoms. The van der Waals surface area contributed by atoms with Crippen LogP contribution in [0, 0.1) is 6.92 Å². The van der Waals surface area contributed by atoms with E-state index >= 15 is 0 Å². The minimum Gasteiger partial charge on any atom is -0.495 e. The second-order valence-corrected chi connectivity index (χ2v) is 9.56. The number of hydrogen-bond donors (Lipinski definition) is 3. The zero-order chi connectivity index (χ0) is 23.7. The van der Waals surface area contributed by atoms with Gasteiger partial charge in [-0.2, -0.15) is 5.10 Å². The molecule has 196 valence electrons. The Hall–Kier alpha value is -2.18. The average Bonchev–Trinajstić information content (AvgIpc) is 3.39. The number of hydrogen-bond acceptors (Lipinski definition) is 9. The normalized spacial score (nSPS) is 14.1. The smallest absolute Gasteiger partial charge is 0.152 e. The molecule has 1 aromatic carbocycles. The van der Waals surface area contributed by atoms with E-state index in [2.05, 4.69) is 45.4 Å². The minimum atomic E-state index is -0.0306. The first-order chi connectivity index (χ1) is 16.6. The van der Waals surface area contributed by atoms with Crippen LogP contribution in [0.3, 0.4) is 0 Å². The number of nitrogens with one attached hydrogen (secondary N) is 1. The summed E-state index contributed by atoms with van der Waals surface area (Å²) < 4.78 is 14.5. The molecular formula is C24H32Cl2N6O3S. The van der Waals surface area contributed by atoms with Crippen molar-refractivity contribution >= 4 is 57.6 Å². The number of piperazine rings is 1. The van der Waals surface area contributed by atoms with Crippen molar-refractivity contribution in [3.63, 3.8) is 0 Å². The summed E-state index contributed by atoms with van der Waals surface area (Å²) in [6.07, 6.45) is 1.50. The second kappa shape index (κ2) is 12.4. The third-order valence-corrected chi connectivity index (χ3v) is 7.40. The summed E-state index contributed by atoms with van der Waals surface area (Å²) in [6, 6.07) is 6.40. The fraction of sp³-hybridized carbons (Fsp3) is 0.417. The van der Waals surface area contributed by atoms with E-state index in [-0.39, 0.29) is 38.0 Å². The number of halogens is 2. The lowest BCUT2D eigenvalue weighted by molar-refractivity contribution is 0.0808. The fourth-order valence-corrected chi connectivity index (χ4v) is 5.87. The number of ether oxygens (including phenoxy) is 2. The molecule has 0 bridgehead atoms. The molecule has 12 heteroatoms. The zero-order valence-electron chi connectivity index (χ0n) is 20.3. The van der Waals surface area contributed by atoms with Crippen LogP contribution < -0.4 is 15.8 Å². The summed E-state index contributed by atoms with van der Waals surface area (Å²) in [6.45, 7) is 7.21. The highest BCUT2D eigenvalue weighted by atomic mass is 35.5. The van der Waals surface area contributed by atoms with E-state index in [0.717, 1.165) is 81.3 Å². The molecular weight excluding hydrogens is 523 g/mol. The van der Waals surface area contributed by atoms with Gasteiger partial charge in [-0.3, -0.25) is 4.90 Å². The summed E-state index contributed by atoms with van der Waals surface area (Å²) in [5.41, 5.74) is 11.4. The van der Waals surface area contributed by atoms with Crippen LogP contribution in [0.2, 0.25) is 0 Å². The van der Waals surface area contributed by atoms with Gasteiger partial charge in [-0.1, -0.05) is 6.07 Å². The molecule has 1 aliphatic rings. The SMILES string of the molecule is COc1cc(C)cc2cc(-c3c(COCCO)c(CN4CCNCC4)n4ncnc(N)c34)sc12.Cl.Cl. The van der Waals surface area contributed by atoms with E-state index in [1.54, 1.807) is 18.4 Å². The maximum absolute atomic E-state index is 9.32. The van der Waals surface area contributed by atoms with Gasteiger partial charge in [-0.15, -0.1) is 36.2 Å². The van der Waals surface area contributed by atoms with Gasteiger partial charge in [0.2, 0.25) is 0 Å². The number of aliphatic hydroxyl groups excluding tert-OH is 1. The number of rotatable bonds is 8. The van der Waals surface area contributed by atoms with Crippen molar-refractivity contribution in [2.75, 3.05) is 52.2 Å². The number of thiophene rings is 1. The highest BCUT2D eigenvalue weighted by Crippen LogP contribution is 2.44. The van der Waals surface area contributed by atoms with Gasteiger partial charge >= 0.3 is 0 Å². The van der Waals surface area contributed by atoms with Crippen molar-refractivity contribution < 1.29 is 14.6 Å². The first-order valence-electron chi connectivity index (χ1n) is 11.4. The number of methoxy groups -OCH3 is 1. The number of nitrogens with zero attached hydrogens (tertiary/aromatic N) is 4. The molecule has 1 fully saturated rings. The Kier molecular flexibility index (Phi) is 9.76. The Morgan fingerprint density at radius 3 is 2.69 bits per heavy atom. The molecule has 1 aliphatic heterocycles. The minimum absolute atomic E-state index is 0. The number of nitrogen functional groups attached to an aromatic ring is 1. The van der Waals surface area contributed by atoms with Crippen molar-refractivity contribution in [1.29, 1.82) is 0 Å². The lowest BCUT2D eigenvalue weighted by atomic mass is 10.1. The van der Waals surface area contributed by atoms with Gasteiger partial charge in [-0.05, 0) is 30.0 Å². The lowest BCUT2D eigenvalue weighted by Gasteiger charge is -2.27. The van der Waals surface area contributed by atoms with Crippen LogP contribution in [-0.4, -0.2) is 71.1 Å². The van der Waals surface area contributed by atoms with E-state index < -0.39 is 0 Å². The number of aromatic nitrogens is 3. The highest BCUT2D eigenvalue weighted by Gasteiger charge is 2.26. The van der Waals surface area contributed by atoms with Crippen LogP contribution in [0.5, 0.6) is 5.75 Å². The Morgan fingerprint density at radius 2 is 1.97 bits per heavy atom. The van der Waals surface area contributed by atoms with Crippen molar-refractivity contribution in [2.45, 2.75) is 20.1 Å². The first-order valence-corrected chi connectivity index (χ1v) is 12.3. The number of nitrogens with two attached hydrogens (primary N) is 1. The molecule has 0 saturated carbocycles. The molecule has 4 aromatic rings. The van der Waals surface area contributed by atoms with Crippen molar-refractivity contribution in [3.8, 4) is 16.2 Å². The van der Waals surface area contributed by atoms with Gasteiger partial charge in [0, 0.05) is 48.7 Å². The largest absolute Gasteiger partial charge is 0.495 e. The molecule has 1 saturated heterocycles. The zero-order valence-corrected chi connectivity index (χ0v) is 22.8. The Balaban J connectivity index is 0.00000180. The Morgan fingerprint density at radius 1 is 1.19 bits per heavy atom. The predicted molar refractivity (Wildman–Crippen MR) is 149 cm³/mol. The van der Waals surface area contributed by atoms with Crippen LogP contribution in [0.15, 0.2) is 24.5 Å². The maximum atomic E-state index is 9.32. The van der Waals surface area contributed by atoms with Crippen molar-refractivity contribution in [2.24, 2.45) is 0 Å². The molecule has 0 unspecified atom stereocenters. The van der Waals surface area contributed by atoms with Gasteiger partial charge in [-0.25, -0.2) is 9.50 Å². The molecule has 5 rings (SSSR count). The number of benzene rings is 1. The molecule has 0 radical (unpaired) electrons. The van der Waals surface area contributed by atoms with E-state index in [4.69, 9.17) is 15.2 Å². The molecule has 9 nitrogen and oxygen atoms in total. The molecule has 0 aliphatic carbocycles. The van der Waals surface area contributed by atoms with Crippen molar-refractivity contribution in [3.05, 3.63) is 41.3 Å². The molecule has 0 atom stereocenters. The van der Waals surface area contributed by atoms with Gasteiger partial charge in [0.1, 0.15) is 17.6 Å². The number of anilines is 1. The molecule has 0 spiro atoms. The molecule has 3 aromatic heterocycles. The van der Waals surface area contributed by atoms with Crippen LogP contribution in [0.25, 0.3) is 26.0 Å². The highest BCUT2D eigenvalue weighted by molar-refractivity contribution is 7.22. The summed E-state index contributed by atoms with van der Waals surface area (Å²) >= 11 is 1.67. The predicted octanol–water partition coefficient (Wildman–Crippen LogP) is 3.27. The number of fused-ring (bicyclic) bond motifs is 2. The fourth-order valence-electron chi connectivity index (χ4n) is 4.66. The lowest BCUT2D eigenvalue weighted by Crippen LogP contribution is -2.43. The van der Waals surface area contributed by atoms with E-state index in [1.807, 2.05) is 4.52 Å². The van der Waals surface area contributed by atoms with Crippen LogP contribution in [0.4, 0.5) is 5.82 Å². The van der Waals surface area contributed by atoms with E-state index in [1.165, 1.54) is 6.33 Å². The standard InChI is InChI=1S/C24H30N6O3S.2ClH/c1-15-9-16-11-20(34-23(16)19(10-15)32-2)21-17(13-33-8-7-31)18(12-29-5-3-26-4-6-29)30-22(21)24(25)27-14-28-30;;/h9-11,14,26,31H,3-8,12-13H2,1-2H3,(H2,25,27,28);2*1H.